The van der Waals surface area contributed by atoms with E-state index in [1.807, 2.05) is 30.3 Å². The van der Waals surface area contributed by atoms with E-state index in [0.29, 0.717) is 12.8 Å². The minimum absolute atomic E-state index is 0.0867. The molecule has 0 aromatic heterocycles. The van der Waals surface area contributed by atoms with Crippen molar-refractivity contribution in [2.75, 3.05) is 19.6 Å². The Bertz CT molecular complexity index is 677. The Kier molecular flexibility index (Phi) is 12.3. The maximum absolute atomic E-state index is 12.7. The molecule has 0 aliphatic heterocycles. The predicted octanol–water partition coefficient (Wildman–Crippen LogP) is 3.02. The van der Waals surface area contributed by atoms with Gasteiger partial charge in [-0.25, -0.2) is 9.59 Å². The van der Waals surface area contributed by atoms with Gasteiger partial charge in [0.2, 0.25) is 5.91 Å². The van der Waals surface area contributed by atoms with Crippen molar-refractivity contribution in [3.8, 4) is 0 Å². The standard InChI is InChI=1S/C23H37N3O5/c1-5-26(6-2)15-11-10-14-19(22(28)29)24-21(27)20(17(3)4)25-23(30)31-16-18-12-8-7-9-13-18/h7-9,12-13,17,19-20H,5-6,10-11,14-16H2,1-4H3,(H,24,27)(H,25,30)(H,28,29)/t19-,20-/m0/s1. The van der Waals surface area contributed by atoms with Crippen LogP contribution in [0.15, 0.2) is 30.3 Å². The molecular formula is C23H37N3O5. The molecule has 0 fully saturated rings. The maximum atomic E-state index is 12.7. The van der Waals surface area contributed by atoms with Gasteiger partial charge in [0.15, 0.2) is 0 Å². The number of rotatable bonds is 14. The highest BCUT2D eigenvalue weighted by molar-refractivity contribution is 5.89. The second-order valence-electron chi connectivity index (χ2n) is 7.85. The van der Waals surface area contributed by atoms with Crippen molar-refractivity contribution in [1.82, 2.24) is 15.5 Å². The van der Waals surface area contributed by atoms with Gasteiger partial charge in [-0.2, -0.15) is 0 Å². The van der Waals surface area contributed by atoms with E-state index >= 15 is 0 Å². The SMILES string of the molecule is CCN(CC)CCCC[C@H](NC(=O)[C@@H](NC(=O)OCc1ccccc1)C(C)C)C(=O)O. The third-order valence-electron chi connectivity index (χ3n) is 5.16. The fraction of sp³-hybridized carbons (Fsp3) is 0.609. The molecule has 8 heteroatoms. The lowest BCUT2D eigenvalue weighted by Crippen LogP contribution is -2.53. The summed E-state index contributed by atoms with van der Waals surface area (Å²) >= 11 is 0. The number of carbonyl (C=O) groups excluding carboxylic acids is 2. The third kappa shape index (κ3) is 10.3. The smallest absolute Gasteiger partial charge is 0.408 e. The summed E-state index contributed by atoms with van der Waals surface area (Å²) in [7, 11) is 0. The van der Waals surface area contributed by atoms with Gasteiger partial charge < -0.3 is 25.4 Å². The largest absolute Gasteiger partial charge is 0.480 e. The van der Waals surface area contributed by atoms with Crippen molar-refractivity contribution < 1.29 is 24.2 Å². The van der Waals surface area contributed by atoms with E-state index in [1.165, 1.54) is 0 Å². The Morgan fingerprint density at radius 1 is 1.03 bits per heavy atom. The monoisotopic (exact) mass is 435 g/mol. The number of carboxylic acid groups (broad SMARTS) is 1. The highest BCUT2D eigenvalue weighted by Gasteiger charge is 2.29. The van der Waals surface area contributed by atoms with Crippen molar-refractivity contribution in [2.24, 2.45) is 5.92 Å². The lowest BCUT2D eigenvalue weighted by Gasteiger charge is -2.24. The minimum atomic E-state index is -1.08. The van der Waals surface area contributed by atoms with Crippen LogP contribution in [0.25, 0.3) is 0 Å². The molecule has 1 aromatic rings. The van der Waals surface area contributed by atoms with Gasteiger partial charge in [0, 0.05) is 0 Å². The minimum Gasteiger partial charge on any atom is -0.480 e. The number of ether oxygens (including phenoxy) is 1. The topological polar surface area (TPSA) is 108 Å². The summed E-state index contributed by atoms with van der Waals surface area (Å²) in [5.74, 6) is -1.84. The molecule has 0 aliphatic carbocycles. The summed E-state index contributed by atoms with van der Waals surface area (Å²) in [6, 6.07) is 7.33. The molecule has 0 heterocycles. The second-order valence-corrected chi connectivity index (χ2v) is 7.85. The zero-order valence-electron chi connectivity index (χ0n) is 19.1. The van der Waals surface area contributed by atoms with E-state index in [2.05, 4.69) is 29.4 Å². The summed E-state index contributed by atoms with van der Waals surface area (Å²) in [5.41, 5.74) is 0.832. The van der Waals surface area contributed by atoms with Crippen molar-refractivity contribution in [3.05, 3.63) is 35.9 Å². The van der Waals surface area contributed by atoms with Crippen LogP contribution in [0.5, 0.6) is 0 Å². The number of aliphatic carboxylic acids is 1. The Morgan fingerprint density at radius 2 is 1.68 bits per heavy atom. The van der Waals surface area contributed by atoms with E-state index in [0.717, 1.165) is 31.6 Å². The molecule has 0 saturated heterocycles. The van der Waals surface area contributed by atoms with Crippen LogP contribution in [0.1, 0.15) is 52.5 Å². The van der Waals surface area contributed by atoms with Crippen LogP contribution in [-0.2, 0) is 20.9 Å². The Morgan fingerprint density at radius 3 is 2.23 bits per heavy atom. The van der Waals surface area contributed by atoms with Crippen molar-refractivity contribution in [2.45, 2.75) is 65.6 Å². The Labute approximate surface area is 185 Å². The number of benzene rings is 1. The number of hydrogen-bond acceptors (Lipinski definition) is 5. The zero-order chi connectivity index (χ0) is 23.2. The lowest BCUT2D eigenvalue weighted by molar-refractivity contribution is -0.142. The molecule has 1 rings (SSSR count). The molecule has 0 aliphatic rings. The number of carboxylic acids is 1. The van der Waals surface area contributed by atoms with E-state index < -0.39 is 30.1 Å². The first-order valence-electron chi connectivity index (χ1n) is 11.0. The third-order valence-corrected chi connectivity index (χ3v) is 5.16. The normalized spacial score (nSPS) is 13.0. The number of alkyl carbamates (subject to hydrolysis) is 1. The van der Waals surface area contributed by atoms with Crippen LogP contribution in [0.2, 0.25) is 0 Å². The van der Waals surface area contributed by atoms with Crippen molar-refractivity contribution in [1.29, 1.82) is 0 Å². The number of amides is 2. The molecule has 31 heavy (non-hydrogen) atoms. The van der Waals surface area contributed by atoms with Crippen molar-refractivity contribution >= 4 is 18.0 Å². The molecule has 0 unspecified atom stereocenters. The van der Waals surface area contributed by atoms with Crippen LogP contribution in [0.3, 0.4) is 0 Å². The van der Waals surface area contributed by atoms with Gasteiger partial charge in [0.1, 0.15) is 18.7 Å². The zero-order valence-corrected chi connectivity index (χ0v) is 19.1. The molecule has 0 saturated carbocycles. The highest BCUT2D eigenvalue weighted by atomic mass is 16.5. The number of unbranched alkanes of at least 4 members (excludes halogenated alkanes) is 1. The highest BCUT2D eigenvalue weighted by Crippen LogP contribution is 2.08. The van der Waals surface area contributed by atoms with Crippen LogP contribution in [0.4, 0.5) is 4.79 Å². The number of hydrogen-bond donors (Lipinski definition) is 3. The van der Waals surface area contributed by atoms with Crippen molar-refractivity contribution in [3.63, 3.8) is 0 Å². The van der Waals surface area contributed by atoms with E-state index in [1.54, 1.807) is 13.8 Å². The van der Waals surface area contributed by atoms with Gasteiger partial charge in [-0.1, -0.05) is 58.0 Å². The molecule has 3 N–H and O–H groups in total. The van der Waals surface area contributed by atoms with Crippen LogP contribution < -0.4 is 10.6 Å². The number of nitrogens with one attached hydrogen (secondary N) is 2. The molecule has 8 nitrogen and oxygen atoms in total. The van der Waals surface area contributed by atoms with Gasteiger partial charge in [-0.3, -0.25) is 4.79 Å². The fourth-order valence-corrected chi connectivity index (χ4v) is 3.17. The lowest BCUT2D eigenvalue weighted by atomic mass is 10.0. The summed E-state index contributed by atoms with van der Waals surface area (Å²) < 4.78 is 5.18. The molecular weight excluding hydrogens is 398 g/mol. The van der Waals surface area contributed by atoms with Gasteiger partial charge >= 0.3 is 12.1 Å². The first-order valence-corrected chi connectivity index (χ1v) is 11.0. The first-order chi connectivity index (χ1) is 14.8. The van der Waals surface area contributed by atoms with Gasteiger partial charge in [-0.05, 0) is 50.4 Å². The van der Waals surface area contributed by atoms with Gasteiger partial charge in [0.05, 0.1) is 0 Å². The van der Waals surface area contributed by atoms with Gasteiger partial charge in [-0.15, -0.1) is 0 Å². The Balaban J connectivity index is 2.56. The molecule has 2 atom stereocenters. The average molecular weight is 436 g/mol. The van der Waals surface area contributed by atoms with Crippen LogP contribution in [0, 0.1) is 5.92 Å². The van der Waals surface area contributed by atoms with E-state index in [4.69, 9.17) is 4.74 Å². The second kappa shape index (κ2) is 14.4. The molecule has 0 spiro atoms. The van der Waals surface area contributed by atoms with Crippen LogP contribution in [-0.4, -0.2) is 59.7 Å². The quantitative estimate of drug-likeness (QED) is 0.388. The predicted molar refractivity (Wildman–Crippen MR) is 120 cm³/mol. The number of carbonyl (C=O) groups is 3. The average Bonchev–Trinajstić information content (AvgIpc) is 2.75. The summed E-state index contributed by atoms with van der Waals surface area (Å²) in [6.45, 7) is 10.6. The molecule has 174 valence electrons. The van der Waals surface area contributed by atoms with E-state index in [9.17, 15) is 19.5 Å². The van der Waals surface area contributed by atoms with E-state index in [-0.39, 0.29) is 12.5 Å². The maximum Gasteiger partial charge on any atom is 0.408 e. The van der Waals surface area contributed by atoms with Gasteiger partial charge in [0.25, 0.3) is 0 Å². The fourth-order valence-electron chi connectivity index (χ4n) is 3.17. The summed E-state index contributed by atoms with van der Waals surface area (Å²) in [5, 5.41) is 14.6. The first kappa shape index (κ1) is 26.4. The molecule has 2 amide bonds. The Hall–Kier alpha value is -2.61. The molecule has 0 bridgehead atoms. The molecule has 0 radical (unpaired) electrons. The summed E-state index contributed by atoms with van der Waals surface area (Å²) in [4.78, 5) is 38.7. The summed E-state index contributed by atoms with van der Waals surface area (Å²) in [6.07, 6.45) is 1.17. The van der Waals surface area contributed by atoms with Crippen LogP contribution >= 0.6 is 0 Å². The molecule has 1 aromatic carbocycles. The number of nitrogens with zero attached hydrogens (tertiary/aromatic N) is 1.